The van der Waals surface area contributed by atoms with Gasteiger partial charge in [0.25, 0.3) is 0 Å². The summed E-state index contributed by atoms with van der Waals surface area (Å²) in [5, 5.41) is 8.05. The van der Waals surface area contributed by atoms with Crippen LogP contribution < -0.4 is 10.6 Å². The molecule has 0 fully saturated rings. The number of thiophene rings is 1. The van der Waals surface area contributed by atoms with Gasteiger partial charge in [-0.05, 0) is 22.4 Å². The first kappa shape index (κ1) is 19.2. The topological polar surface area (TPSA) is 58.2 Å². The second kappa shape index (κ2) is 8.30. The molecule has 1 aromatic carbocycles. The number of hydrogen-bond acceptors (Lipinski definition) is 3. The van der Waals surface area contributed by atoms with E-state index in [0.717, 1.165) is 10.4 Å². The van der Waals surface area contributed by atoms with Crippen molar-refractivity contribution in [3.05, 3.63) is 58.3 Å². The third-order valence-corrected chi connectivity index (χ3v) is 4.91. The van der Waals surface area contributed by atoms with Crippen LogP contribution in [0.4, 0.5) is 0 Å². The molecule has 4 nitrogen and oxygen atoms in total. The number of nitrogens with one attached hydrogen (secondary N) is 2. The smallest absolute Gasteiger partial charge is 0.222 e. The van der Waals surface area contributed by atoms with Crippen LogP contribution >= 0.6 is 11.3 Å². The van der Waals surface area contributed by atoms with Crippen LogP contribution in [-0.4, -0.2) is 11.8 Å². The van der Waals surface area contributed by atoms with E-state index in [-0.39, 0.29) is 35.7 Å². The minimum absolute atomic E-state index is 0.0613. The summed E-state index contributed by atoms with van der Waals surface area (Å²) in [6.07, 6.45) is 0.210. The van der Waals surface area contributed by atoms with Crippen LogP contribution in [0.2, 0.25) is 0 Å². The van der Waals surface area contributed by atoms with E-state index < -0.39 is 0 Å². The second-order valence-electron chi connectivity index (χ2n) is 7.25. The summed E-state index contributed by atoms with van der Waals surface area (Å²) in [5.74, 6) is -0.219. The van der Waals surface area contributed by atoms with E-state index in [1.54, 1.807) is 11.3 Å². The van der Waals surface area contributed by atoms with Crippen molar-refractivity contribution in [1.82, 2.24) is 10.6 Å². The molecule has 134 valence electrons. The van der Waals surface area contributed by atoms with Gasteiger partial charge in [-0.1, -0.05) is 57.2 Å². The van der Waals surface area contributed by atoms with Gasteiger partial charge in [0.1, 0.15) is 0 Å². The second-order valence-corrected chi connectivity index (χ2v) is 8.23. The highest BCUT2D eigenvalue weighted by Gasteiger charge is 2.29. The van der Waals surface area contributed by atoms with Gasteiger partial charge in [0.15, 0.2) is 0 Å². The minimum Gasteiger partial charge on any atom is -0.349 e. The third kappa shape index (κ3) is 5.71. The largest absolute Gasteiger partial charge is 0.349 e. The molecule has 25 heavy (non-hydrogen) atoms. The quantitative estimate of drug-likeness (QED) is 0.812. The van der Waals surface area contributed by atoms with E-state index >= 15 is 0 Å². The molecule has 0 aliphatic carbocycles. The third-order valence-electron chi connectivity index (χ3n) is 3.97. The first-order valence-electron chi connectivity index (χ1n) is 8.42. The van der Waals surface area contributed by atoms with E-state index in [1.165, 1.54) is 6.92 Å². The van der Waals surface area contributed by atoms with Crippen molar-refractivity contribution in [2.45, 2.75) is 46.2 Å². The summed E-state index contributed by atoms with van der Waals surface area (Å²) in [7, 11) is 0. The van der Waals surface area contributed by atoms with E-state index in [2.05, 4.69) is 31.4 Å². The van der Waals surface area contributed by atoms with E-state index in [9.17, 15) is 9.59 Å². The molecular formula is C20H26N2O2S. The number of amides is 2. The number of benzene rings is 1. The summed E-state index contributed by atoms with van der Waals surface area (Å²) < 4.78 is 0. The maximum atomic E-state index is 12.7. The van der Waals surface area contributed by atoms with E-state index in [1.807, 2.05) is 47.8 Å². The lowest BCUT2D eigenvalue weighted by Gasteiger charge is -2.31. The van der Waals surface area contributed by atoms with Crippen molar-refractivity contribution in [1.29, 1.82) is 0 Å². The van der Waals surface area contributed by atoms with Gasteiger partial charge in [-0.2, -0.15) is 0 Å². The summed E-state index contributed by atoms with van der Waals surface area (Å²) in [6.45, 7) is 7.80. The van der Waals surface area contributed by atoms with Gasteiger partial charge < -0.3 is 10.6 Å². The number of rotatable bonds is 6. The zero-order valence-electron chi connectivity index (χ0n) is 15.2. The highest BCUT2D eigenvalue weighted by molar-refractivity contribution is 7.10. The Morgan fingerprint density at radius 3 is 2.24 bits per heavy atom. The Morgan fingerprint density at radius 2 is 1.72 bits per heavy atom. The van der Waals surface area contributed by atoms with Gasteiger partial charge in [-0.3, -0.25) is 9.59 Å². The zero-order valence-corrected chi connectivity index (χ0v) is 16.0. The molecule has 0 spiro atoms. The van der Waals surface area contributed by atoms with Gasteiger partial charge in [-0.25, -0.2) is 0 Å². The van der Waals surface area contributed by atoms with Crippen LogP contribution in [-0.2, 0) is 9.59 Å². The molecule has 2 aromatic rings. The number of carbonyl (C=O) groups is 2. The van der Waals surface area contributed by atoms with Crippen LogP contribution in [0, 0.1) is 5.41 Å². The van der Waals surface area contributed by atoms with Gasteiger partial charge in [0.2, 0.25) is 11.8 Å². The highest BCUT2D eigenvalue weighted by atomic mass is 32.1. The van der Waals surface area contributed by atoms with Crippen molar-refractivity contribution in [2.75, 3.05) is 0 Å². The van der Waals surface area contributed by atoms with Crippen LogP contribution in [0.1, 0.15) is 56.6 Å². The molecule has 2 N–H and O–H groups in total. The van der Waals surface area contributed by atoms with Crippen molar-refractivity contribution in [3.8, 4) is 0 Å². The predicted molar refractivity (Wildman–Crippen MR) is 102 cm³/mol. The van der Waals surface area contributed by atoms with Crippen LogP contribution in [0.15, 0.2) is 47.8 Å². The van der Waals surface area contributed by atoms with Crippen LogP contribution in [0.25, 0.3) is 0 Å². The van der Waals surface area contributed by atoms with Gasteiger partial charge in [0.05, 0.1) is 18.5 Å². The Morgan fingerprint density at radius 1 is 1.04 bits per heavy atom. The highest BCUT2D eigenvalue weighted by Crippen LogP contribution is 2.35. The molecule has 1 aromatic heterocycles. The fourth-order valence-electron chi connectivity index (χ4n) is 2.76. The predicted octanol–water partition coefficient (Wildman–Crippen LogP) is 4.22. The van der Waals surface area contributed by atoms with Crippen molar-refractivity contribution in [2.24, 2.45) is 5.41 Å². The molecule has 0 aliphatic heterocycles. The first-order chi connectivity index (χ1) is 11.8. The van der Waals surface area contributed by atoms with E-state index in [4.69, 9.17) is 0 Å². The Kier molecular flexibility index (Phi) is 6.37. The van der Waals surface area contributed by atoms with Gasteiger partial charge in [0, 0.05) is 11.8 Å². The molecule has 0 bridgehead atoms. The standard InChI is InChI=1S/C20H26N2O2S/c1-14(23)21-16(15-9-6-5-7-10-15)13-18(24)22-19(20(2,3)4)17-11-8-12-25-17/h5-12,16,19H,13H2,1-4H3,(H,21,23)(H,22,24). The SMILES string of the molecule is CC(=O)NC(CC(=O)NC(c1cccs1)C(C)(C)C)c1ccccc1. The maximum Gasteiger partial charge on any atom is 0.222 e. The lowest BCUT2D eigenvalue weighted by atomic mass is 9.85. The zero-order chi connectivity index (χ0) is 18.4. The lowest BCUT2D eigenvalue weighted by Crippen LogP contribution is -2.38. The molecule has 0 radical (unpaired) electrons. The molecule has 5 heteroatoms. The number of hydrogen-bond donors (Lipinski definition) is 2. The number of carbonyl (C=O) groups excluding carboxylic acids is 2. The maximum absolute atomic E-state index is 12.7. The summed E-state index contributed by atoms with van der Waals surface area (Å²) >= 11 is 1.64. The average Bonchev–Trinajstić information content (AvgIpc) is 3.05. The van der Waals surface area contributed by atoms with Crippen molar-refractivity contribution < 1.29 is 9.59 Å². The van der Waals surface area contributed by atoms with Gasteiger partial charge >= 0.3 is 0 Å². The fraction of sp³-hybridized carbons (Fsp3) is 0.400. The van der Waals surface area contributed by atoms with Crippen molar-refractivity contribution >= 4 is 23.2 Å². The van der Waals surface area contributed by atoms with Gasteiger partial charge in [-0.15, -0.1) is 11.3 Å². The minimum atomic E-state index is -0.331. The molecule has 2 rings (SSSR count). The van der Waals surface area contributed by atoms with Crippen molar-refractivity contribution in [3.63, 3.8) is 0 Å². The first-order valence-corrected chi connectivity index (χ1v) is 9.30. The Balaban J connectivity index is 2.13. The summed E-state index contributed by atoms with van der Waals surface area (Å²) in [6, 6.07) is 13.2. The monoisotopic (exact) mass is 358 g/mol. The van der Waals surface area contributed by atoms with E-state index in [0.29, 0.717) is 0 Å². The molecule has 0 aliphatic rings. The lowest BCUT2D eigenvalue weighted by molar-refractivity contribution is -0.124. The normalized spacial score (nSPS) is 13.8. The Bertz CT molecular complexity index is 690. The Hall–Kier alpha value is -2.14. The van der Waals surface area contributed by atoms with Crippen LogP contribution in [0.3, 0.4) is 0 Å². The molecule has 2 unspecified atom stereocenters. The molecule has 0 saturated carbocycles. The molecule has 2 amide bonds. The summed E-state index contributed by atoms with van der Waals surface area (Å²) in [4.78, 5) is 25.4. The average molecular weight is 359 g/mol. The molecule has 1 heterocycles. The molecular weight excluding hydrogens is 332 g/mol. The molecule has 2 atom stereocenters. The molecule has 0 saturated heterocycles. The van der Waals surface area contributed by atoms with Crippen LogP contribution in [0.5, 0.6) is 0 Å². The fourth-order valence-corrected chi connectivity index (χ4v) is 3.78. The summed E-state index contributed by atoms with van der Waals surface area (Å²) in [5.41, 5.74) is 0.827. The Labute approximate surface area is 153 Å².